The molecule has 1 heteroatoms. The Morgan fingerprint density at radius 2 is 0.698 bits per heavy atom. The molecule has 10 aromatic rings. The molecule has 0 aromatic heterocycles. The molecule has 0 aliphatic heterocycles. The first-order valence-corrected chi connectivity index (χ1v) is 18.3. The van der Waals surface area contributed by atoms with Crippen LogP contribution < -0.4 is 4.90 Å². The zero-order chi connectivity index (χ0) is 35.1. The molecule has 53 heavy (non-hydrogen) atoms. The summed E-state index contributed by atoms with van der Waals surface area (Å²) in [6.45, 7) is 0. The maximum atomic E-state index is 2.41. The van der Waals surface area contributed by atoms with Gasteiger partial charge in [-0.15, -0.1) is 0 Å². The van der Waals surface area contributed by atoms with Gasteiger partial charge in [0.15, 0.2) is 0 Å². The van der Waals surface area contributed by atoms with E-state index >= 15 is 0 Å². The molecule has 0 spiro atoms. The second kappa shape index (κ2) is 13.0. The van der Waals surface area contributed by atoms with Gasteiger partial charge < -0.3 is 4.90 Å². The van der Waals surface area contributed by atoms with Crippen LogP contribution in [0.15, 0.2) is 212 Å². The predicted octanol–water partition coefficient (Wildman–Crippen LogP) is 14.8. The molecular formula is C52H35N. The Morgan fingerprint density at radius 3 is 1.36 bits per heavy atom. The number of hydrogen-bond donors (Lipinski definition) is 0. The van der Waals surface area contributed by atoms with Crippen LogP contribution in [0.1, 0.15) is 0 Å². The van der Waals surface area contributed by atoms with Crippen molar-refractivity contribution in [3.05, 3.63) is 212 Å². The zero-order valence-electron chi connectivity index (χ0n) is 29.2. The fraction of sp³-hybridized carbons (Fsp3) is 0. The fourth-order valence-corrected chi connectivity index (χ4v) is 8.02. The van der Waals surface area contributed by atoms with E-state index in [0.717, 1.165) is 17.1 Å². The van der Waals surface area contributed by atoms with Crippen molar-refractivity contribution in [2.75, 3.05) is 4.90 Å². The van der Waals surface area contributed by atoms with Gasteiger partial charge in [0, 0.05) is 16.9 Å². The standard InChI is InChI=1S/C52H35N/c1-3-11-36(12-4-1)37-25-30-45(31-26-37)53(50-34-29-40-14-8-10-18-48(40)52(50)42-15-5-2-6-16-42)46-32-27-38(28-33-46)44-24-21-41-20-23-43-22-19-39-13-7-9-17-47(39)51(43)49(41)35-44/h1-35H. The summed E-state index contributed by atoms with van der Waals surface area (Å²) in [5, 5.41) is 10.1. The van der Waals surface area contributed by atoms with E-state index in [1.54, 1.807) is 0 Å². The Morgan fingerprint density at radius 1 is 0.264 bits per heavy atom. The molecule has 248 valence electrons. The minimum absolute atomic E-state index is 1.10. The molecule has 10 rings (SSSR count). The van der Waals surface area contributed by atoms with Crippen LogP contribution >= 0.6 is 0 Å². The van der Waals surface area contributed by atoms with Gasteiger partial charge in [-0.25, -0.2) is 0 Å². The van der Waals surface area contributed by atoms with E-state index in [1.165, 1.54) is 76.5 Å². The molecule has 0 bridgehead atoms. The van der Waals surface area contributed by atoms with Gasteiger partial charge in [-0.1, -0.05) is 176 Å². The van der Waals surface area contributed by atoms with Crippen LogP contribution in [-0.4, -0.2) is 0 Å². The molecule has 0 saturated carbocycles. The van der Waals surface area contributed by atoms with Crippen LogP contribution in [0.25, 0.3) is 76.5 Å². The Labute approximate surface area is 309 Å². The lowest BCUT2D eigenvalue weighted by molar-refractivity contribution is 1.29. The maximum absolute atomic E-state index is 2.41. The molecule has 10 aromatic carbocycles. The highest BCUT2D eigenvalue weighted by molar-refractivity contribution is 6.20. The van der Waals surface area contributed by atoms with E-state index < -0.39 is 0 Å². The van der Waals surface area contributed by atoms with Crippen molar-refractivity contribution in [3.8, 4) is 33.4 Å². The Balaban J connectivity index is 1.13. The van der Waals surface area contributed by atoms with Gasteiger partial charge in [0.1, 0.15) is 0 Å². The Kier molecular flexibility index (Phi) is 7.55. The van der Waals surface area contributed by atoms with Crippen LogP contribution in [0.4, 0.5) is 17.1 Å². The first kappa shape index (κ1) is 30.8. The summed E-state index contributed by atoms with van der Waals surface area (Å²) in [5.41, 5.74) is 10.6. The quantitative estimate of drug-likeness (QED) is 0.159. The molecular weight excluding hydrogens is 639 g/mol. The zero-order valence-corrected chi connectivity index (χ0v) is 29.2. The van der Waals surface area contributed by atoms with Crippen molar-refractivity contribution >= 4 is 60.2 Å². The van der Waals surface area contributed by atoms with Crippen molar-refractivity contribution in [3.63, 3.8) is 0 Å². The fourth-order valence-electron chi connectivity index (χ4n) is 8.02. The molecule has 0 aliphatic carbocycles. The average molecular weight is 674 g/mol. The van der Waals surface area contributed by atoms with Crippen LogP contribution in [-0.2, 0) is 0 Å². The average Bonchev–Trinajstić information content (AvgIpc) is 3.24. The van der Waals surface area contributed by atoms with Gasteiger partial charge in [-0.2, -0.15) is 0 Å². The number of rotatable bonds is 6. The summed E-state index contributed by atoms with van der Waals surface area (Å²) >= 11 is 0. The Bertz CT molecular complexity index is 2900. The van der Waals surface area contributed by atoms with Gasteiger partial charge in [-0.05, 0) is 107 Å². The number of nitrogens with zero attached hydrogens (tertiary/aromatic N) is 1. The highest BCUT2D eigenvalue weighted by Gasteiger charge is 2.20. The maximum Gasteiger partial charge on any atom is 0.0546 e. The van der Waals surface area contributed by atoms with Crippen molar-refractivity contribution in [2.45, 2.75) is 0 Å². The summed E-state index contributed by atoms with van der Waals surface area (Å²) < 4.78 is 0. The minimum atomic E-state index is 1.10. The molecule has 0 N–H and O–H groups in total. The van der Waals surface area contributed by atoms with Crippen molar-refractivity contribution in [1.82, 2.24) is 0 Å². The van der Waals surface area contributed by atoms with Crippen LogP contribution in [0, 0.1) is 0 Å². The normalized spacial score (nSPS) is 11.4. The molecule has 1 nitrogen and oxygen atoms in total. The lowest BCUT2D eigenvalue weighted by Crippen LogP contribution is -2.11. The predicted molar refractivity (Wildman–Crippen MR) is 227 cm³/mol. The van der Waals surface area contributed by atoms with Gasteiger partial charge in [0.05, 0.1) is 5.69 Å². The van der Waals surface area contributed by atoms with E-state index in [2.05, 4.69) is 217 Å². The highest BCUT2D eigenvalue weighted by Crippen LogP contribution is 2.45. The topological polar surface area (TPSA) is 3.24 Å². The van der Waals surface area contributed by atoms with E-state index in [9.17, 15) is 0 Å². The van der Waals surface area contributed by atoms with E-state index in [1.807, 2.05) is 0 Å². The van der Waals surface area contributed by atoms with Gasteiger partial charge in [-0.3, -0.25) is 0 Å². The minimum Gasteiger partial charge on any atom is -0.310 e. The first-order valence-electron chi connectivity index (χ1n) is 18.3. The number of anilines is 3. The van der Waals surface area contributed by atoms with Gasteiger partial charge >= 0.3 is 0 Å². The molecule has 0 aliphatic rings. The summed E-state index contributed by atoms with van der Waals surface area (Å²) in [5.74, 6) is 0. The van der Waals surface area contributed by atoms with E-state index in [0.29, 0.717) is 0 Å². The molecule has 0 fully saturated rings. The van der Waals surface area contributed by atoms with Crippen LogP contribution in [0.5, 0.6) is 0 Å². The van der Waals surface area contributed by atoms with Gasteiger partial charge in [0.2, 0.25) is 0 Å². The number of benzene rings is 10. The second-order valence-electron chi connectivity index (χ2n) is 13.7. The molecule has 0 unspecified atom stereocenters. The van der Waals surface area contributed by atoms with Crippen molar-refractivity contribution < 1.29 is 0 Å². The second-order valence-corrected chi connectivity index (χ2v) is 13.7. The third kappa shape index (κ3) is 5.51. The van der Waals surface area contributed by atoms with Gasteiger partial charge in [0.25, 0.3) is 0 Å². The first-order chi connectivity index (χ1) is 26.3. The summed E-state index contributed by atoms with van der Waals surface area (Å²) in [7, 11) is 0. The SMILES string of the molecule is c1ccc(-c2ccc(N(c3ccc(-c4ccc5ccc6ccc7ccccc7c6c5c4)cc3)c3ccc4ccccc4c3-c3ccccc3)cc2)cc1. The molecule has 0 amide bonds. The summed E-state index contributed by atoms with van der Waals surface area (Å²) in [4.78, 5) is 2.41. The molecule has 0 atom stereocenters. The van der Waals surface area contributed by atoms with Crippen LogP contribution in [0.3, 0.4) is 0 Å². The van der Waals surface area contributed by atoms with Crippen molar-refractivity contribution in [1.29, 1.82) is 0 Å². The molecule has 0 heterocycles. The van der Waals surface area contributed by atoms with E-state index in [-0.39, 0.29) is 0 Å². The highest BCUT2D eigenvalue weighted by atomic mass is 15.1. The van der Waals surface area contributed by atoms with Crippen molar-refractivity contribution in [2.24, 2.45) is 0 Å². The monoisotopic (exact) mass is 673 g/mol. The Hall–Kier alpha value is -6.96. The lowest BCUT2D eigenvalue weighted by Gasteiger charge is -2.29. The third-order valence-electron chi connectivity index (χ3n) is 10.6. The summed E-state index contributed by atoms with van der Waals surface area (Å²) in [6.07, 6.45) is 0. The molecule has 0 saturated heterocycles. The lowest BCUT2D eigenvalue weighted by atomic mass is 9.93. The molecule has 0 radical (unpaired) electrons. The van der Waals surface area contributed by atoms with Crippen LogP contribution in [0.2, 0.25) is 0 Å². The third-order valence-corrected chi connectivity index (χ3v) is 10.6. The smallest absolute Gasteiger partial charge is 0.0546 e. The number of fused-ring (bicyclic) bond motifs is 6. The largest absolute Gasteiger partial charge is 0.310 e. The number of hydrogen-bond acceptors (Lipinski definition) is 1. The summed E-state index contributed by atoms with van der Waals surface area (Å²) in [6, 6.07) is 77.2. The van der Waals surface area contributed by atoms with E-state index in [4.69, 9.17) is 0 Å².